The molecule has 0 saturated carbocycles. The molecule has 0 saturated heterocycles. The predicted octanol–water partition coefficient (Wildman–Crippen LogP) is 6.92. The van der Waals surface area contributed by atoms with E-state index in [1.165, 1.54) is 19.3 Å². The lowest BCUT2D eigenvalue weighted by Gasteiger charge is -2.36. The zero-order valence-corrected chi connectivity index (χ0v) is 20.9. The molecule has 186 valence electrons. The Labute approximate surface area is 210 Å². The minimum absolute atomic E-state index is 0.141. The first-order valence-corrected chi connectivity index (χ1v) is 12.8. The highest BCUT2D eigenvalue weighted by Crippen LogP contribution is 2.40. The van der Waals surface area contributed by atoms with Gasteiger partial charge in [0, 0.05) is 6.42 Å². The summed E-state index contributed by atoms with van der Waals surface area (Å²) in [4.78, 5) is 11.9. The van der Waals surface area contributed by atoms with Crippen LogP contribution < -0.4 is 0 Å². The zero-order chi connectivity index (χ0) is 24.6. The van der Waals surface area contributed by atoms with Crippen molar-refractivity contribution >= 4 is 5.97 Å². The summed E-state index contributed by atoms with van der Waals surface area (Å²) in [6.45, 7) is 3.62. The maximum atomic E-state index is 11.9. The van der Waals surface area contributed by atoms with E-state index in [1.807, 2.05) is 54.6 Å². The Morgan fingerprint density at radius 1 is 0.629 bits per heavy atom. The normalized spacial score (nSPS) is 11.3. The number of unbranched alkanes of at least 4 members (excludes halogenated alkanes) is 4. The van der Waals surface area contributed by atoms with Gasteiger partial charge in [-0.3, -0.25) is 4.79 Å². The Morgan fingerprint density at radius 3 is 1.63 bits per heavy atom. The van der Waals surface area contributed by atoms with Crippen LogP contribution in [0.25, 0.3) is 0 Å². The second kappa shape index (κ2) is 15.1. The number of benzene rings is 3. The first-order valence-electron chi connectivity index (χ1n) is 12.8. The minimum atomic E-state index is -0.753. The molecule has 0 aromatic heterocycles. The van der Waals surface area contributed by atoms with Crippen molar-refractivity contribution in [3.63, 3.8) is 0 Å². The molecule has 0 aliphatic heterocycles. The molecule has 0 unspecified atom stereocenters. The average Bonchev–Trinajstić information content (AvgIpc) is 2.92. The monoisotopic (exact) mass is 474 g/mol. The van der Waals surface area contributed by atoms with Gasteiger partial charge in [0.2, 0.25) is 0 Å². The molecular weight excluding hydrogens is 436 g/mol. The van der Waals surface area contributed by atoms with Crippen molar-refractivity contribution < 1.29 is 19.0 Å². The van der Waals surface area contributed by atoms with Crippen molar-refractivity contribution in [1.29, 1.82) is 0 Å². The lowest BCUT2D eigenvalue weighted by molar-refractivity contribution is -0.145. The molecule has 4 heteroatoms. The summed E-state index contributed by atoms with van der Waals surface area (Å²) >= 11 is 0. The van der Waals surface area contributed by atoms with Crippen molar-refractivity contribution in [2.75, 3.05) is 26.4 Å². The highest BCUT2D eigenvalue weighted by atomic mass is 16.6. The standard InChI is InChI=1S/C31H38O4/c1-2-3-4-5-15-22-30(32)34-25-23-33-24-26-35-31(27-16-9-6-10-17-27,28-18-11-7-12-19-28)29-20-13-8-14-21-29/h6-14,16-21H,2-5,15,22-26H2,1H3. The molecule has 3 rings (SSSR count). The van der Waals surface area contributed by atoms with Crippen LogP contribution in [0.4, 0.5) is 0 Å². The summed E-state index contributed by atoms with van der Waals surface area (Å²) in [5.74, 6) is -0.141. The van der Waals surface area contributed by atoms with E-state index in [0.717, 1.165) is 29.5 Å². The van der Waals surface area contributed by atoms with Crippen LogP contribution in [0.15, 0.2) is 91.0 Å². The second-order valence-corrected chi connectivity index (χ2v) is 8.62. The quantitative estimate of drug-likeness (QED) is 0.128. The van der Waals surface area contributed by atoms with Crippen molar-refractivity contribution in [3.05, 3.63) is 108 Å². The summed E-state index contributed by atoms with van der Waals surface area (Å²) in [6, 6.07) is 30.9. The number of esters is 1. The van der Waals surface area contributed by atoms with Crippen molar-refractivity contribution in [1.82, 2.24) is 0 Å². The van der Waals surface area contributed by atoms with Gasteiger partial charge in [0.1, 0.15) is 12.2 Å². The van der Waals surface area contributed by atoms with Crippen LogP contribution in [0, 0.1) is 0 Å². The molecule has 0 spiro atoms. The summed E-state index contributed by atoms with van der Waals surface area (Å²) in [5, 5.41) is 0. The lowest BCUT2D eigenvalue weighted by atomic mass is 9.80. The molecule has 0 aliphatic carbocycles. The van der Waals surface area contributed by atoms with E-state index in [-0.39, 0.29) is 12.6 Å². The summed E-state index contributed by atoms with van der Waals surface area (Å²) < 4.78 is 17.7. The Bertz CT molecular complexity index is 860. The first-order chi connectivity index (χ1) is 17.3. The van der Waals surface area contributed by atoms with Crippen molar-refractivity contribution in [3.8, 4) is 0 Å². The first kappa shape index (κ1) is 26.7. The average molecular weight is 475 g/mol. The number of hydrogen-bond acceptors (Lipinski definition) is 4. The lowest BCUT2D eigenvalue weighted by Crippen LogP contribution is -2.34. The SMILES string of the molecule is CCCCCCCC(=O)OCCOCCOC(c1ccccc1)(c1ccccc1)c1ccccc1. The van der Waals surface area contributed by atoms with E-state index in [0.29, 0.717) is 26.2 Å². The van der Waals surface area contributed by atoms with E-state index >= 15 is 0 Å². The zero-order valence-electron chi connectivity index (χ0n) is 20.9. The largest absolute Gasteiger partial charge is 0.463 e. The fourth-order valence-electron chi connectivity index (χ4n) is 4.28. The summed E-state index contributed by atoms with van der Waals surface area (Å²) in [5.41, 5.74) is 2.43. The van der Waals surface area contributed by atoms with E-state index in [1.54, 1.807) is 0 Å². The predicted molar refractivity (Wildman–Crippen MR) is 140 cm³/mol. The number of ether oxygens (including phenoxy) is 3. The van der Waals surface area contributed by atoms with Gasteiger partial charge in [-0.15, -0.1) is 0 Å². The Hall–Kier alpha value is -2.95. The molecule has 0 radical (unpaired) electrons. The molecule has 0 N–H and O–H groups in total. The smallest absolute Gasteiger partial charge is 0.305 e. The van der Waals surface area contributed by atoms with E-state index in [2.05, 4.69) is 43.3 Å². The fraction of sp³-hybridized carbons (Fsp3) is 0.387. The van der Waals surface area contributed by atoms with E-state index in [4.69, 9.17) is 14.2 Å². The second-order valence-electron chi connectivity index (χ2n) is 8.62. The Balaban J connectivity index is 1.56. The molecule has 0 bridgehead atoms. The van der Waals surface area contributed by atoms with Gasteiger partial charge in [-0.25, -0.2) is 0 Å². The number of rotatable bonds is 16. The van der Waals surface area contributed by atoms with Gasteiger partial charge < -0.3 is 14.2 Å². The van der Waals surface area contributed by atoms with E-state index < -0.39 is 5.60 Å². The van der Waals surface area contributed by atoms with E-state index in [9.17, 15) is 4.79 Å². The topological polar surface area (TPSA) is 44.8 Å². The molecule has 0 fully saturated rings. The highest BCUT2D eigenvalue weighted by Gasteiger charge is 2.37. The summed E-state index contributed by atoms with van der Waals surface area (Å²) in [6.07, 6.45) is 6.08. The molecule has 0 amide bonds. The molecule has 0 heterocycles. The third-order valence-electron chi connectivity index (χ3n) is 6.06. The van der Waals surface area contributed by atoms with Gasteiger partial charge in [-0.2, -0.15) is 0 Å². The molecular formula is C31H38O4. The summed E-state index contributed by atoms with van der Waals surface area (Å²) in [7, 11) is 0. The maximum Gasteiger partial charge on any atom is 0.305 e. The molecule has 4 nitrogen and oxygen atoms in total. The van der Waals surface area contributed by atoms with Crippen LogP contribution >= 0.6 is 0 Å². The van der Waals surface area contributed by atoms with Crippen LogP contribution in [0.1, 0.15) is 62.1 Å². The number of carbonyl (C=O) groups is 1. The third kappa shape index (κ3) is 8.05. The maximum absolute atomic E-state index is 11.9. The number of hydrogen-bond donors (Lipinski definition) is 0. The molecule has 0 aliphatic rings. The van der Waals surface area contributed by atoms with Gasteiger partial charge in [0.15, 0.2) is 0 Å². The van der Waals surface area contributed by atoms with Crippen LogP contribution in [0.5, 0.6) is 0 Å². The van der Waals surface area contributed by atoms with Gasteiger partial charge in [-0.05, 0) is 23.1 Å². The molecule has 3 aromatic carbocycles. The van der Waals surface area contributed by atoms with Crippen molar-refractivity contribution in [2.24, 2.45) is 0 Å². The van der Waals surface area contributed by atoms with Crippen molar-refractivity contribution in [2.45, 2.75) is 51.0 Å². The molecule has 0 atom stereocenters. The number of carbonyl (C=O) groups excluding carboxylic acids is 1. The Kier molecular flexibility index (Phi) is 11.5. The molecule has 35 heavy (non-hydrogen) atoms. The Morgan fingerprint density at radius 2 is 1.11 bits per heavy atom. The van der Waals surface area contributed by atoms with Gasteiger partial charge in [-0.1, -0.05) is 124 Å². The van der Waals surface area contributed by atoms with Crippen LogP contribution in [0.2, 0.25) is 0 Å². The highest BCUT2D eigenvalue weighted by molar-refractivity contribution is 5.69. The fourth-order valence-corrected chi connectivity index (χ4v) is 4.28. The van der Waals surface area contributed by atoms with Gasteiger partial charge in [0.25, 0.3) is 0 Å². The molecule has 3 aromatic rings. The van der Waals surface area contributed by atoms with Crippen LogP contribution in [-0.4, -0.2) is 32.4 Å². The van der Waals surface area contributed by atoms with Crippen LogP contribution in [0.3, 0.4) is 0 Å². The van der Waals surface area contributed by atoms with Gasteiger partial charge in [0.05, 0.1) is 19.8 Å². The third-order valence-corrected chi connectivity index (χ3v) is 6.06. The van der Waals surface area contributed by atoms with Crippen LogP contribution in [-0.2, 0) is 24.6 Å². The minimum Gasteiger partial charge on any atom is -0.463 e. The van der Waals surface area contributed by atoms with Gasteiger partial charge >= 0.3 is 5.97 Å².